The molecule has 0 saturated heterocycles. The van der Waals surface area contributed by atoms with E-state index in [1.165, 1.54) is 22.9 Å². The molecule has 1 heterocycles. The number of aryl methyl sites for hydroxylation is 1. The molecule has 5 nitrogen and oxygen atoms in total. The number of hydrogen-bond acceptors (Lipinski definition) is 4. The summed E-state index contributed by atoms with van der Waals surface area (Å²) in [6.07, 6.45) is 0.994. The molecule has 2 aromatic rings. The summed E-state index contributed by atoms with van der Waals surface area (Å²) in [4.78, 5) is 29.0. The van der Waals surface area contributed by atoms with Gasteiger partial charge in [0, 0.05) is 11.4 Å². The molecule has 2 N–H and O–H groups in total. The molecule has 1 aromatic carbocycles. The first-order valence-electron chi connectivity index (χ1n) is 6.61. The number of benzene rings is 1. The van der Waals surface area contributed by atoms with Crippen LogP contribution < -0.4 is 5.69 Å². The van der Waals surface area contributed by atoms with Gasteiger partial charge in [-0.05, 0) is 30.4 Å². The van der Waals surface area contributed by atoms with Crippen molar-refractivity contribution in [1.82, 2.24) is 9.97 Å². The predicted octanol–water partition coefficient (Wildman–Crippen LogP) is 2.21. The highest BCUT2D eigenvalue weighted by atomic mass is 32.2. The van der Waals surface area contributed by atoms with Gasteiger partial charge in [0.15, 0.2) is 0 Å². The summed E-state index contributed by atoms with van der Waals surface area (Å²) in [6.45, 7) is 1.58. The summed E-state index contributed by atoms with van der Waals surface area (Å²) in [5.74, 6) is 0.0645. The Hall–Kier alpha value is -2.08. The zero-order valence-electron chi connectivity index (χ0n) is 11.4. The van der Waals surface area contributed by atoms with Crippen LogP contribution in [0.1, 0.15) is 33.1 Å². The molecule has 21 heavy (non-hydrogen) atoms. The molecule has 0 aliphatic heterocycles. The number of nitrogens with one attached hydrogen (secondary N) is 1. The highest BCUT2D eigenvalue weighted by molar-refractivity contribution is 7.99. The second-order valence-corrected chi connectivity index (χ2v) is 6.07. The number of rotatable bonds is 4. The van der Waals surface area contributed by atoms with Gasteiger partial charge in [-0.2, -0.15) is 4.98 Å². The Kier molecular flexibility index (Phi) is 3.55. The lowest BCUT2D eigenvalue weighted by Gasteiger charge is -2.29. The topological polar surface area (TPSA) is 83.0 Å². The van der Waals surface area contributed by atoms with Crippen molar-refractivity contribution in [1.29, 1.82) is 0 Å². The van der Waals surface area contributed by atoms with Crippen LogP contribution in [0.3, 0.4) is 0 Å². The molecule has 0 spiro atoms. The largest absolute Gasteiger partial charge is 0.478 e. The number of H-pyrrole nitrogens is 1. The first-order chi connectivity index (χ1) is 10.1. The van der Waals surface area contributed by atoms with Crippen molar-refractivity contribution in [3.63, 3.8) is 0 Å². The molecule has 0 radical (unpaired) electrons. The van der Waals surface area contributed by atoms with Crippen molar-refractivity contribution in [2.75, 3.05) is 5.75 Å². The summed E-state index contributed by atoms with van der Waals surface area (Å²) in [5.41, 5.74) is 2.58. The van der Waals surface area contributed by atoms with Crippen LogP contribution in [0, 0.1) is 6.92 Å². The number of nitrogens with zero attached hydrogens (tertiary/aromatic N) is 1. The third-order valence-corrected chi connectivity index (χ3v) is 4.82. The Morgan fingerprint density at radius 2 is 2.24 bits per heavy atom. The Bertz CT molecular complexity index is 770. The van der Waals surface area contributed by atoms with Crippen molar-refractivity contribution < 1.29 is 9.90 Å². The fourth-order valence-electron chi connectivity index (χ4n) is 2.61. The predicted molar refractivity (Wildman–Crippen MR) is 80.2 cm³/mol. The molecule has 0 bridgehead atoms. The number of aromatic carboxylic acids is 1. The number of carboxylic acid groups (broad SMARTS) is 1. The number of fused-ring (bicyclic) bond motifs is 1. The van der Waals surface area contributed by atoms with Crippen LogP contribution in [0.5, 0.6) is 0 Å². The fourth-order valence-corrected chi connectivity index (χ4v) is 3.80. The Morgan fingerprint density at radius 1 is 1.48 bits per heavy atom. The number of hydrogen-bond donors (Lipinski definition) is 2. The molecular weight excluding hydrogens is 288 g/mol. The van der Waals surface area contributed by atoms with Gasteiger partial charge in [-0.15, -0.1) is 11.8 Å². The third-order valence-electron chi connectivity index (χ3n) is 3.68. The van der Waals surface area contributed by atoms with E-state index in [0.717, 1.165) is 12.2 Å². The fraction of sp³-hybridized carbons (Fsp3) is 0.267. The summed E-state index contributed by atoms with van der Waals surface area (Å²) in [7, 11) is 0. The molecule has 1 atom stereocenters. The van der Waals surface area contributed by atoms with Crippen molar-refractivity contribution in [3.05, 3.63) is 57.1 Å². The van der Waals surface area contributed by atoms with Crippen molar-refractivity contribution in [2.24, 2.45) is 0 Å². The molecule has 0 amide bonds. The second kappa shape index (κ2) is 5.37. The maximum Gasteiger partial charge on any atom is 0.346 e. The van der Waals surface area contributed by atoms with Crippen molar-refractivity contribution in [2.45, 2.75) is 24.3 Å². The zero-order valence-corrected chi connectivity index (χ0v) is 12.2. The van der Waals surface area contributed by atoms with Crippen molar-refractivity contribution >= 4 is 17.7 Å². The van der Waals surface area contributed by atoms with E-state index < -0.39 is 11.7 Å². The van der Waals surface area contributed by atoms with Crippen LogP contribution >= 0.6 is 11.8 Å². The SMILES string of the molecule is Cc1[nH]c(=O)nc(SCC2Cc3ccccc32)c1C(=O)O. The van der Waals surface area contributed by atoms with Crippen LogP contribution in [-0.2, 0) is 6.42 Å². The summed E-state index contributed by atoms with van der Waals surface area (Å²) < 4.78 is 0. The minimum absolute atomic E-state index is 0.0900. The van der Waals surface area contributed by atoms with Crippen LogP contribution in [-0.4, -0.2) is 26.8 Å². The van der Waals surface area contributed by atoms with Gasteiger partial charge >= 0.3 is 11.7 Å². The Labute approximate surface area is 125 Å². The van der Waals surface area contributed by atoms with E-state index in [9.17, 15) is 14.7 Å². The van der Waals surface area contributed by atoms with Gasteiger partial charge in [0.05, 0.1) is 0 Å². The van der Waals surface area contributed by atoms with Gasteiger partial charge in [-0.1, -0.05) is 24.3 Å². The molecule has 1 aromatic heterocycles. The van der Waals surface area contributed by atoms with Gasteiger partial charge in [0.1, 0.15) is 10.6 Å². The van der Waals surface area contributed by atoms with E-state index in [1.807, 2.05) is 12.1 Å². The third kappa shape index (κ3) is 2.58. The number of thioether (sulfide) groups is 1. The van der Waals surface area contributed by atoms with Gasteiger partial charge in [0.2, 0.25) is 0 Å². The van der Waals surface area contributed by atoms with E-state index in [-0.39, 0.29) is 5.56 Å². The lowest BCUT2D eigenvalue weighted by atomic mass is 9.79. The van der Waals surface area contributed by atoms with Gasteiger partial charge in [-0.3, -0.25) is 0 Å². The van der Waals surface area contributed by atoms with Crippen LogP contribution in [0.2, 0.25) is 0 Å². The normalized spacial score (nSPS) is 16.1. The lowest BCUT2D eigenvalue weighted by Crippen LogP contribution is -2.21. The molecule has 3 rings (SSSR count). The van der Waals surface area contributed by atoms with Gasteiger partial charge < -0.3 is 10.1 Å². The average molecular weight is 302 g/mol. The summed E-state index contributed by atoms with van der Waals surface area (Å²) in [6, 6.07) is 8.23. The van der Waals surface area contributed by atoms with E-state index in [0.29, 0.717) is 16.6 Å². The molecule has 0 fully saturated rings. The standard InChI is InChI=1S/C15H14N2O3S/c1-8-12(14(18)19)13(17-15(20)16-8)21-7-10-6-9-4-2-3-5-11(9)10/h2-5,10H,6-7H2,1H3,(H,18,19)(H,16,17,20). The molecule has 1 aliphatic rings. The summed E-state index contributed by atoms with van der Waals surface area (Å²) in [5, 5.41) is 9.56. The van der Waals surface area contributed by atoms with Gasteiger partial charge in [0.25, 0.3) is 0 Å². The monoisotopic (exact) mass is 302 g/mol. The van der Waals surface area contributed by atoms with E-state index in [4.69, 9.17) is 0 Å². The maximum absolute atomic E-state index is 11.4. The minimum Gasteiger partial charge on any atom is -0.478 e. The van der Waals surface area contributed by atoms with Crippen molar-refractivity contribution in [3.8, 4) is 0 Å². The van der Waals surface area contributed by atoms with E-state index in [1.54, 1.807) is 6.92 Å². The first kappa shape index (κ1) is 13.9. The Morgan fingerprint density at radius 3 is 2.95 bits per heavy atom. The number of carboxylic acids is 1. The molecular formula is C15H14N2O3S. The first-order valence-corrected chi connectivity index (χ1v) is 7.59. The highest BCUT2D eigenvalue weighted by Gasteiger charge is 2.26. The lowest BCUT2D eigenvalue weighted by molar-refractivity contribution is 0.0690. The van der Waals surface area contributed by atoms with Crippen LogP contribution in [0.4, 0.5) is 0 Å². The van der Waals surface area contributed by atoms with Crippen LogP contribution in [0.15, 0.2) is 34.1 Å². The molecule has 1 unspecified atom stereocenters. The smallest absolute Gasteiger partial charge is 0.346 e. The maximum atomic E-state index is 11.4. The molecule has 108 valence electrons. The second-order valence-electron chi connectivity index (χ2n) is 5.06. The molecule has 0 saturated carbocycles. The van der Waals surface area contributed by atoms with Gasteiger partial charge in [-0.25, -0.2) is 9.59 Å². The van der Waals surface area contributed by atoms with E-state index in [2.05, 4.69) is 22.1 Å². The van der Waals surface area contributed by atoms with Crippen LogP contribution in [0.25, 0.3) is 0 Å². The molecule has 1 aliphatic carbocycles. The average Bonchev–Trinajstić information content (AvgIpc) is 2.38. The number of aromatic amines is 1. The highest BCUT2D eigenvalue weighted by Crippen LogP contribution is 2.38. The molecule has 6 heteroatoms. The quantitative estimate of drug-likeness (QED) is 0.668. The summed E-state index contributed by atoms with van der Waals surface area (Å²) >= 11 is 1.34. The Balaban J connectivity index is 1.81. The zero-order chi connectivity index (χ0) is 15.0. The van der Waals surface area contributed by atoms with E-state index >= 15 is 0 Å². The number of carbonyl (C=O) groups is 1. The number of aromatic nitrogens is 2. The minimum atomic E-state index is -1.06.